The highest BCUT2D eigenvalue weighted by molar-refractivity contribution is 14.1. The summed E-state index contributed by atoms with van der Waals surface area (Å²) >= 11 is 4.21. The van der Waals surface area contributed by atoms with Crippen LogP contribution in [0, 0.1) is 43.7 Å². The number of aliphatic hydroxyl groups is 1. The van der Waals surface area contributed by atoms with Crippen molar-refractivity contribution in [2.45, 2.75) is 122 Å². The molecule has 0 aromatic heterocycles. The van der Waals surface area contributed by atoms with Crippen LogP contribution in [0.15, 0.2) is 91.0 Å². The Balaban J connectivity index is 0.000000255. The number of ether oxygens (including phenoxy) is 2. The van der Waals surface area contributed by atoms with Gasteiger partial charge in [-0.2, -0.15) is 0 Å². The van der Waals surface area contributed by atoms with Crippen LogP contribution in [0.25, 0.3) is 10.8 Å². The van der Waals surface area contributed by atoms with Crippen molar-refractivity contribution < 1.29 is 43.7 Å². The van der Waals surface area contributed by atoms with Crippen molar-refractivity contribution in [3.63, 3.8) is 0 Å². The summed E-state index contributed by atoms with van der Waals surface area (Å²) in [6.45, 7) is 5.98. The lowest BCUT2D eigenvalue weighted by Crippen LogP contribution is -2.57. The van der Waals surface area contributed by atoms with Crippen molar-refractivity contribution in [3.8, 4) is 24.7 Å². The lowest BCUT2D eigenvalue weighted by molar-refractivity contribution is -0.144. The number of aliphatic hydroxyl groups excluding tert-OH is 1. The van der Waals surface area contributed by atoms with Crippen LogP contribution < -0.4 is 4.90 Å². The molecule has 0 spiro atoms. The third-order valence-corrected chi connectivity index (χ3v) is 14.2. The van der Waals surface area contributed by atoms with Gasteiger partial charge in [0.25, 0.3) is 17.7 Å². The van der Waals surface area contributed by atoms with Gasteiger partial charge in [-0.05, 0) is 157 Å². The lowest BCUT2D eigenvalue weighted by Gasteiger charge is -2.39. The van der Waals surface area contributed by atoms with Gasteiger partial charge < -0.3 is 29.5 Å². The third kappa shape index (κ3) is 15.5. The molecular weight excluding hydrogens is 1100 g/mol. The first kappa shape index (κ1) is 54.9. The number of carboxylic acid groups (broad SMARTS) is 1. The van der Waals surface area contributed by atoms with E-state index < -0.39 is 41.9 Å². The summed E-state index contributed by atoms with van der Waals surface area (Å²) in [4.78, 5) is 71.2. The van der Waals surface area contributed by atoms with Crippen LogP contribution in [0.3, 0.4) is 0 Å². The fourth-order valence-electron chi connectivity index (χ4n) is 9.09. The highest BCUT2D eigenvalue weighted by Gasteiger charge is 2.43. The fourth-order valence-corrected chi connectivity index (χ4v) is 10.3. The molecule has 1 heterocycles. The number of amides is 4. The van der Waals surface area contributed by atoms with Crippen molar-refractivity contribution in [1.29, 1.82) is 0 Å². The second kappa shape index (κ2) is 26.8. The molecule has 69 heavy (non-hydrogen) atoms. The number of aliphatic carboxylic acids is 1. The minimum absolute atomic E-state index is 0.0112. The molecule has 3 unspecified atom stereocenters. The monoisotopic (exact) mass is 1160 g/mol. The molecule has 1 saturated heterocycles. The van der Waals surface area contributed by atoms with Gasteiger partial charge in [-0.15, -0.1) is 12.8 Å². The summed E-state index contributed by atoms with van der Waals surface area (Å²) in [6, 6.07) is 25.8. The maximum absolute atomic E-state index is 14.7. The molecule has 12 nitrogen and oxygen atoms in total. The quantitative estimate of drug-likeness (QED) is 0.110. The molecule has 4 amide bonds. The van der Waals surface area contributed by atoms with Crippen molar-refractivity contribution in [2.75, 3.05) is 24.6 Å². The minimum atomic E-state index is -0.966. The zero-order chi connectivity index (χ0) is 50.1. The maximum Gasteiger partial charge on any atom is 0.421 e. The third-order valence-electron chi connectivity index (χ3n) is 12.3. The molecule has 7 rings (SSSR count). The zero-order valence-electron chi connectivity index (χ0n) is 39.7. The lowest BCUT2D eigenvalue weighted by atomic mass is 9.82. The number of hydrogen-bond donors (Lipinski definition) is 2. The van der Waals surface area contributed by atoms with Crippen LogP contribution in [0.2, 0.25) is 0 Å². The van der Waals surface area contributed by atoms with Crippen LogP contribution in [0.5, 0.6) is 0 Å². The van der Waals surface area contributed by atoms with Crippen molar-refractivity contribution >= 4 is 91.4 Å². The number of carbonyl (C=O) groups excluding carboxylic acids is 4. The summed E-state index contributed by atoms with van der Waals surface area (Å²) in [5.74, 6) is 2.78. The van der Waals surface area contributed by atoms with Crippen molar-refractivity contribution in [1.82, 2.24) is 9.80 Å². The van der Waals surface area contributed by atoms with E-state index >= 15 is 0 Å². The molecule has 2 saturated carbocycles. The van der Waals surface area contributed by atoms with Crippen molar-refractivity contribution in [3.05, 3.63) is 109 Å². The number of benzene rings is 4. The molecule has 4 aromatic rings. The van der Waals surface area contributed by atoms with Gasteiger partial charge in [0.1, 0.15) is 17.7 Å². The molecule has 366 valence electrons. The number of carboxylic acids is 1. The molecule has 3 fully saturated rings. The van der Waals surface area contributed by atoms with Gasteiger partial charge in [-0.3, -0.25) is 14.4 Å². The Morgan fingerprint density at radius 1 is 0.681 bits per heavy atom. The first-order chi connectivity index (χ1) is 33.1. The van der Waals surface area contributed by atoms with E-state index in [0.29, 0.717) is 16.8 Å². The second-order valence-corrected chi connectivity index (χ2v) is 20.7. The number of nitrogens with zero attached hydrogens (tertiary/aromatic N) is 3. The normalized spacial score (nSPS) is 17.0. The molecule has 3 aliphatic rings. The van der Waals surface area contributed by atoms with E-state index in [9.17, 15) is 29.1 Å². The predicted octanol–water partition coefficient (Wildman–Crippen LogP) is 11.0. The van der Waals surface area contributed by atoms with Crippen LogP contribution in [0.4, 0.5) is 10.5 Å². The SMILES string of the molecule is C#CCN(C(=O)c1ccccc1I)C(C(=O)N(C(=O)OC(C)(C)C)c1ccc2ccccc2c1)C1CCCCC1.C#CCN(C(=O)c1ccccc1I)C(C(=O)O)C1CCCCC1.OC1CCCO1. The van der Waals surface area contributed by atoms with Gasteiger partial charge in [0.15, 0.2) is 6.29 Å². The Morgan fingerprint density at radius 2 is 1.16 bits per heavy atom. The average Bonchev–Trinajstić information content (AvgIpc) is 3.82. The number of carbonyl (C=O) groups is 5. The highest BCUT2D eigenvalue weighted by Crippen LogP contribution is 2.35. The largest absolute Gasteiger partial charge is 0.480 e. The Kier molecular flexibility index (Phi) is 21.4. The van der Waals surface area contributed by atoms with E-state index in [2.05, 4.69) is 57.0 Å². The first-order valence-corrected chi connectivity index (χ1v) is 25.8. The highest BCUT2D eigenvalue weighted by atomic mass is 127. The molecule has 0 bridgehead atoms. The molecule has 0 radical (unpaired) electrons. The Labute approximate surface area is 434 Å². The molecular formula is C55H63I2N3O9. The minimum Gasteiger partial charge on any atom is -0.480 e. The van der Waals surface area contributed by atoms with E-state index in [1.807, 2.05) is 60.7 Å². The number of halogens is 2. The van der Waals surface area contributed by atoms with Crippen LogP contribution in [0.1, 0.15) is 119 Å². The number of hydrogen-bond acceptors (Lipinski definition) is 8. The molecule has 2 aliphatic carbocycles. The molecule has 3 atom stereocenters. The Hall–Kier alpha value is -5.01. The smallest absolute Gasteiger partial charge is 0.421 e. The molecule has 14 heteroatoms. The van der Waals surface area contributed by atoms with Crippen LogP contribution in [-0.2, 0) is 19.1 Å². The predicted molar refractivity (Wildman–Crippen MR) is 285 cm³/mol. The van der Waals surface area contributed by atoms with E-state index in [1.165, 1.54) is 9.80 Å². The Morgan fingerprint density at radius 3 is 1.59 bits per heavy atom. The fraction of sp³-hybridized carbons (Fsp3) is 0.436. The molecule has 1 aliphatic heterocycles. The molecule has 2 N–H and O–H groups in total. The number of terminal acetylenes is 2. The summed E-state index contributed by atoms with van der Waals surface area (Å²) in [7, 11) is 0. The van der Waals surface area contributed by atoms with Crippen LogP contribution >= 0.6 is 45.2 Å². The standard InChI is InChI=1S/C33H35IN2O4.C18H20INO3.C4H8O2/c1-5-21-35(30(37)27-17-11-12-18-28(27)34)29(24-14-7-6-8-15-24)31(38)36(32(39)40-33(2,3)4)26-20-19-23-13-9-10-16-25(23)22-26;1-2-12-20(17(21)14-10-6-7-11-15(14)19)16(18(22)23)13-8-4-3-5-9-13;5-4-2-1-3-6-4/h1,9-13,16-20,22,24,29H,6-8,14-15,21H2,2-4H3;1,6-7,10-11,13,16H,3-5,8-9,12H2,(H,22,23);4-5H,1-3H2. The van der Waals surface area contributed by atoms with E-state index in [4.69, 9.17) is 27.4 Å². The van der Waals surface area contributed by atoms with Gasteiger partial charge in [0, 0.05) is 20.2 Å². The van der Waals surface area contributed by atoms with Crippen molar-refractivity contribution in [2.24, 2.45) is 11.8 Å². The van der Waals surface area contributed by atoms with Crippen LogP contribution in [-0.4, -0.2) is 93.5 Å². The summed E-state index contributed by atoms with van der Waals surface area (Å²) in [6.07, 6.45) is 21.1. The van der Waals surface area contributed by atoms with E-state index in [1.54, 1.807) is 51.1 Å². The van der Waals surface area contributed by atoms with E-state index in [-0.39, 0.29) is 36.7 Å². The number of fused-ring (bicyclic) bond motifs is 1. The maximum atomic E-state index is 14.7. The van der Waals surface area contributed by atoms with Gasteiger partial charge in [0.2, 0.25) is 0 Å². The van der Waals surface area contributed by atoms with Gasteiger partial charge >= 0.3 is 12.1 Å². The second-order valence-electron chi connectivity index (χ2n) is 18.4. The zero-order valence-corrected chi connectivity index (χ0v) is 44.0. The number of imide groups is 1. The summed E-state index contributed by atoms with van der Waals surface area (Å²) < 4.78 is 12.0. The molecule has 4 aromatic carbocycles. The average molecular weight is 1160 g/mol. The van der Waals surface area contributed by atoms with E-state index in [0.717, 1.165) is 106 Å². The van der Waals surface area contributed by atoms with Gasteiger partial charge in [0.05, 0.1) is 29.9 Å². The summed E-state index contributed by atoms with van der Waals surface area (Å²) in [5, 5.41) is 20.1. The summed E-state index contributed by atoms with van der Waals surface area (Å²) in [5.41, 5.74) is 0.536. The number of rotatable bonds is 11. The van der Waals surface area contributed by atoms with Gasteiger partial charge in [-0.25, -0.2) is 14.5 Å². The van der Waals surface area contributed by atoms with Gasteiger partial charge in [-0.1, -0.05) is 105 Å². The Bertz CT molecular complexity index is 2480. The topological polar surface area (TPSA) is 154 Å². The number of anilines is 1. The first-order valence-electron chi connectivity index (χ1n) is 23.6.